The first kappa shape index (κ1) is 16.7. The van der Waals surface area contributed by atoms with Crippen LogP contribution in [0.4, 0.5) is 0 Å². The third kappa shape index (κ3) is 3.38. The van der Waals surface area contributed by atoms with E-state index in [1.54, 1.807) is 33.7 Å². The van der Waals surface area contributed by atoms with Crippen molar-refractivity contribution in [1.29, 1.82) is 0 Å². The summed E-state index contributed by atoms with van der Waals surface area (Å²) in [5.74, 6) is 0.766. The van der Waals surface area contributed by atoms with Crippen LogP contribution in [0.1, 0.15) is 16.9 Å². The van der Waals surface area contributed by atoms with Crippen molar-refractivity contribution in [2.75, 3.05) is 19.2 Å². The summed E-state index contributed by atoms with van der Waals surface area (Å²) in [6, 6.07) is 0. The molecule has 5 nitrogen and oxygen atoms in total. The number of rotatable bonds is 5. The predicted molar refractivity (Wildman–Crippen MR) is 94.6 cm³/mol. The Morgan fingerprint density at radius 3 is 3.04 bits per heavy atom. The molecule has 0 spiro atoms. The monoisotopic (exact) mass is 352 g/mol. The number of thiophene rings is 1. The number of ether oxygens (including phenoxy) is 2. The molecule has 0 radical (unpaired) electrons. The molecule has 0 aliphatic carbocycles. The first-order valence-corrected chi connectivity index (χ1v) is 9.35. The Bertz CT molecular complexity index is 776. The largest absolute Gasteiger partial charge is 0.355 e. The zero-order valence-corrected chi connectivity index (χ0v) is 15.0. The van der Waals surface area contributed by atoms with E-state index >= 15 is 0 Å². The molecule has 0 aromatic carbocycles. The second-order valence-electron chi connectivity index (χ2n) is 5.48. The maximum absolute atomic E-state index is 12.8. The van der Waals surface area contributed by atoms with Gasteiger partial charge in [0.2, 0.25) is 0 Å². The minimum absolute atomic E-state index is 0.0205. The van der Waals surface area contributed by atoms with Gasteiger partial charge in [0.25, 0.3) is 5.56 Å². The fourth-order valence-corrected chi connectivity index (χ4v) is 4.65. The normalized spacial score (nSPS) is 18.4. The van der Waals surface area contributed by atoms with Crippen molar-refractivity contribution in [3.05, 3.63) is 33.4 Å². The second kappa shape index (κ2) is 7.17. The highest BCUT2D eigenvalue weighted by atomic mass is 32.2. The standard InChI is InChI=1S/C16H20N2O3S2/c1-4-6-18-15(19)13-10(2)11(3)23-14(13)17-16(18)22-8-12-5-7-20-9-21-12/h4,12H,1,5-9H2,2-3H3/t12-/m1/s1. The van der Waals surface area contributed by atoms with E-state index < -0.39 is 0 Å². The average Bonchev–Trinajstić information content (AvgIpc) is 2.84. The molecule has 0 bridgehead atoms. The Morgan fingerprint density at radius 1 is 1.52 bits per heavy atom. The number of hydrogen-bond donors (Lipinski definition) is 0. The molecule has 3 heterocycles. The van der Waals surface area contributed by atoms with Crippen LogP contribution in [0, 0.1) is 13.8 Å². The van der Waals surface area contributed by atoms with Gasteiger partial charge in [-0.3, -0.25) is 9.36 Å². The molecule has 0 N–H and O–H groups in total. The lowest BCUT2D eigenvalue weighted by molar-refractivity contribution is -0.130. The smallest absolute Gasteiger partial charge is 0.263 e. The number of fused-ring (bicyclic) bond motifs is 1. The summed E-state index contributed by atoms with van der Waals surface area (Å²) >= 11 is 3.15. The van der Waals surface area contributed by atoms with Crippen LogP contribution in [0.2, 0.25) is 0 Å². The first-order chi connectivity index (χ1) is 11.1. The Morgan fingerprint density at radius 2 is 2.35 bits per heavy atom. The van der Waals surface area contributed by atoms with Crippen molar-refractivity contribution in [1.82, 2.24) is 9.55 Å². The zero-order chi connectivity index (χ0) is 16.4. The number of hydrogen-bond acceptors (Lipinski definition) is 6. The molecule has 3 rings (SSSR count). The van der Waals surface area contributed by atoms with Gasteiger partial charge in [-0.1, -0.05) is 17.8 Å². The average molecular weight is 352 g/mol. The summed E-state index contributed by atoms with van der Waals surface area (Å²) in [5.41, 5.74) is 1.05. The van der Waals surface area contributed by atoms with Crippen molar-refractivity contribution >= 4 is 33.3 Å². The third-order valence-electron chi connectivity index (χ3n) is 3.94. The molecular formula is C16H20N2O3S2. The Kier molecular flexibility index (Phi) is 5.21. The van der Waals surface area contributed by atoms with Crippen LogP contribution in [0.25, 0.3) is 10.2 Å². The van der Waals surface area contributed by atoms with Crippen molar-refractivity contribution in [2.24, 2.45) is 0 Å². The summed E-state index contributed by atoms with van der Waals surface area (Å²) < 4.78 is 12.5. The van der Waals surface area contributed by atoms with E-state index in [1.807, 2.05) is 13.8 Å². The highest BCUT2D eigenvalue weighted by Gasteiger charge is 2.19. The van der Waals surface area contributed by atoms with Crippen LogP contribution in [0.5, 0.6) is 0 Å². The van der Waals surface area contributed by atoms with Crippen molar-refractivity contribution in [2.45, 2.75) is 38.1 Å². The molecule has 7 heteroatoms. The van der Waals surface area contributed by atoms with Gasteiger partial charge in [0, 0.05) is 17.2 Å². The fraction of sp³-hybridized carbons (Fsp3) is 0.500. The Labute approximate surface area is 143 Å². The van der Waals surface area contributed by atoms with Crippen molar-refractivity contribution in [3.8, 4) is 0 Å². The molecule has 23 heavy (non-hydrogen) atoms. The molecule has 0 unspecified atom stereocenters. The topological polar surface area (TPSA) is 53.4 Å². The summed E-state index contributed by atoms with van der Waals surface area (Å²) in [6.07, 6.45) is 2.75. The van der Waals surface area contributed by atoms with Crippen LogP contribution in [-0.2, 0) is 16.0 Å². The summed E-state index contributed by atoms with van der Waals surface area (Å²) in [7, 11) is 0. The minimum atomic E-state index is 0.0205. The lowest BCUT2D eigenvalue weighted by Gasteiger charge is -2.22. The molecule has 0 saturated carbocycles. The molecule has 0 amide bonds. The van der Waals surface area contributed by atoms with E-state index in [2.05, 4.69) is 6.58 Å². The van der Waals surface area contributed by atoms with Crippen LogP contribution < -0.4 is 5.56 Å². The van der Waals surface area contributed by atoms with Gasteiger partial charge < -0.3 is 9.47 Å². The maximum atomic E-state index is 12.8. The molecule has 1 fully saturated rings. The van der Waals surface area contributed by atoms with Gasteiger partial charge >= 0.3 is 0 Å². The Hall–Kier alpha value is -1.15. The zero-order valence-electron chi connectivity index (χ0n) is 13.3. The van der Waals surface area contributed by atoms with Crippen LogP contribution in [0.3, 0.4) is 0 Å². The molecule has 2 aromatic heterocycles. The SMILES string of the molecule is C=CCn1c(SC[C@H]2CCOCO2)nc2sc(C)c(C)c2c1=O. The van der Waals surface area contributed by atoms with Gasteiger partial charge in [0.05, 0.1) is 18.1 Å². The van der Waals surface area contributed by atoms with Crippen LogP contribution in [0.15, 0.2) is 22.6 Å². The number of aromatic nitrogens is 2. The summed E-state index contributed by atoms with van der Waals surface area (Å²) in [4.78, 5) is 19.5. The molecular weight excluding hydrogens is 332 g/mol. The van der Waals surface area contributed by atoms with Crippen molar-refractivity contribution < 1.29 is 9.47 Å². The molecule has 1 atom stereocenters. The van der Waals surface area contributed by atoms with Crippen LogP contribution in [-0.4, -0.2) is 34.8 Å². The van der Waals surface area contributed by atoms with E-state index in [0.29, 0.717) is 13.3 Å². The quantitative estimate of drug-likeness (QED) is 0.470. The van der Waals surface area contributed by atoms with Gasteiger partial charge in [0.1, 0.15) is 11.6 Å². The van der Waals surface area contributed by atoms with Crippen LogP contribution >= 0.6 is 23.1 Å². The number of allylic oxidation sites excluding steroid dienone is 1. The van der Waals surface area contributed by atoms with E-state index in [1.165, 1.54) is 0 Å². The lowest BCUT2D eigenvalue weighted by atomic mass is 10.2. The van der Waals surface area contributed by atoms with E-state index in [9.17, 15) is 4.79 Å². The number of aryl methyl sites for hydroxylation is 2. The first-order valence-electron chi connectivity index (χ1n) is 7.55. The lowest BCUT2D eigenvalue weighted by Crippen LogP contribution is -2.27. The minimum Gasteiger partial charge on any atom is -0.355 e. The molecule has 1 aliphatic rings. The van der Waals surface area contributed by atoms with Gasteiger partial charge in [-0.25, -0.2) is 4.98 Å². The second-order valence-corrected chi connectivity index (χ2v) is 7.67. The molecule has 124 valence electrons. The Balaban J connectivity index is 1.95. The van der Waals surface area contributed by atoms with Gasteiger partial charge in [0.15, 0.2) is 5.16 Å². The van der Waals surface area contributed by atoms with E-state index in [4.69, 9.17) is 14.5 Å². The third-order valence-corrected chi connectivity index (χ3v) is 6.14. The summed E-state index contributed by atoms with van der Waals surface area (Å²) in [5, 5.41) is 1.47. The fourth-order valence-electron chi connectivity index (χ4n) is 2.51. The summed E-state index contributed by atoms with van der Waals surface area (Å²) in [6.45, 7) is 9.31. The molecule has 2 aromatic rings. The highest BCUT2D eigenvalue weighted by Crippen LogP contribution is 2.29. The van der Waals surface area contributed by atoms with E-state index in [0.717, 1.165) is 44.6 Å². The number of nitrogens with zero attached hydrogens (tertiary/aromatic N) is 2. The van der Waals surface area contributed by atoms with Gasteiger partial charge in [-0.15, -0.1) is 17.9 Å². The molecule has 1 aliphatic heterocycles. The highest BCUT2D eigenvalue weighted by molar-refractivity contribution is 7.99. The van der Waals surface area contributed by atoms with Crippen molar-refractivity contribution in [3.63, 3.8) is 0 Å². The van der Waals surface area contributed by atoms with Gasteiger partial charge in [-0.2, -0.15) is 0 Å². The predicted octanol–water partition coefficient (Wildman–Crippen LogP) is 3.12. The van der Waals surface area contributed by atoms with E-state index in [-0.39, 0.29) is 11.7 Å². The maximum Gasteiger partial charge on any atom is 0.263 e. The number of thioether (sulfide) groups is 1. The molecule has 1 saturated heterocycles. The van der Waals surface area contributed by atoms with Gasteiger partial charge in [-0.05, 0) is 25.8 Å².